The number of hydrogen-bond acceptors (Lipinski definition) is 14. The Morgan fingerprint density at radius 3 is 1.59 bits per heavy atom. The van der Waals surface area contributed by atoms with E-state index < -0.39 is 119 Å². The van der Waals surface area contributed by atoms with Crippen molar-refractivity contribution in [3.05, 3.63) is 108 Å². The number of alkyl carbamates (subject to hydrolysis) is 1. The quantitative estimate of drug-likeness (QED) is 0.0254. The fourth-order valence-corrected chi connectivity index (χ4v) is 8.73. The molecule has 444 valence electrons. The van der Waals surface area contributed by atoms with Gasteiger partial charge in [-0.2, -0.15) is 0 Å². The van der Waals surface area contributed by atoms with E-state index >= 15 is 0 Å². The fraction of sp³-hybridized carbons (Fsp3) is 0.534. The third-order valence-corrected chi connectivity index (χ3v) is 13.1. The molecule has 0 unspecified atom stereocenters. The van der Waals surface area contributed by atoms with E-state index in [4.69, 9.17) is 30.5 Å². The second-order valence-electron chi connectivity index (χ2n) is 21.9. The largest absolute Gasteiger partial charge is 0.444 e. The van der Waals surface area contributed by atoms with Gasteiger partial charge in [0.15, 0.2) is 0 Å². The lowest BCUT2D eigenvalue weighted by atomic mass is 9.99. The highest BCUT2D eigenvalue weighted by molar-refractivity contribution is 5.98. The van der Waals surface area contributed by atoms with Crippen LogP contribution in [0, 0.1) is 11.8 Å². The summed E-state index contributed by atoms with van der Waals surface area (Å²) >= 11 is 0. The standard InChI is InChI=1S/C58H84N10O13/c1-35(2)30-43(51(71)64-47(36(3)4)54(74)65-48(55(75)67-60)37(5)79-32-40-22-15-11-16-23-40)62-53(73)45-26-19-29-68(45)56(76)49(38(6)80-33-41-24-17-12-18-25-41)66-50(70)42(27-28-46(59)69)61-52(72)44(63-57(77)81-58(7,8)9)34-78-31-39-20-13-10-14-21-39/h10-18,20-25,35-38,42-45,47-49H,19,26-34,60H2,1-9H3,(H2,59,69)(H,61,72)(H,62,73)(H,63,77)(H,64,71)(H,65,74)(H,66,70)(H,67,75)/t37-,38-,42+,43+,44+,45+,47+,48+,49+/m1/s1. The molecule has 0 spiro atoms. The van der Waals surface area contributed by atoms with Gasteiger partial charge in [-0.05, 0) is 88.8 Å². The molecule has 9 atom stereocenters. The fourth-order valence-electron chi connectivity index (χ4n) is 8.73. The molecule has 0 bridgehead atoms. The molecule has 0 aromatic heterocycles. The van der Waals surface area contributed by atoms with E-state index in [1.807, 2.05) is 92.7 Å². The van der Waals surface area contributed by atoms with Crippen LogP contribution in [0.15, 0.2) is 91.0 Å². The van der Waals surface area contributed by atoms with Crippen LogP contribution in [0.5, 0.6) is 0 Å². The summed E-state index contributed by atoms with van der Waals surface area (Å²) in [6, 6.07) is 18.1. The first-order chi connectivity index (χ1) is 38.4. The van der Waals surface area contributed by atoms with Gasteiger partial charge in [0, 0.05) is 13.0 Å². The maximum atomic E-state index is 15.0. The summed E-state index contributed by atoms with van der Waals surface area (Å²) in [6.45, 7) is 15.1. The number of nitrogens with zero attached hydrogens (tertiary/aromatic N) is 1. The van der Waals surface area contributed by atoms with Gasteiger partial charge < -0.3 is 61.5 Å². The number of rotatable bonds is 31. The predicted octanol–water partition coefficient (Wildman–Crippen LogP) is 2.68. The van der Waals surface area contributed by atoms with Crippen molar-refractivity contribution < 1.29 is 62.1 Å². The summed E-state index contributed by atoms with van der Waals surface area (Å²) in [5.41, 5.74) is 9.03. The summed E-state index contributed by atoms with van der Waals surface area (Å²) in [6.07, 6.45) is -2.90. The van der Waals surface area contributed by atoms with Crippen LogP contribution in [-0.2, 0) is 77.1 Å². The van der Waals surface area contributed by atoms with Crippen molar-refractivity contribution in [3.8, 4) is 0 Å². The molecule has 1 saturated heterocycles. The second kappa shape index (κ2) is 32.7. The number of carbonyl (C=O) groups is 9. The lowest BCUT2D eigenvalue weighted by Gasteiger charge is -2.33. The van der Waals surface area contributed by atoms with Crippen molar-refractivity contribution in [1.29, 1.82) is 0 Å². The Morgan fingerprint density at radius 1 is 0.593 bits per heavy atom. The summed E-state index contributed by atoms with van der Waals surface area (Å²) < 4.78 is 23.4. The summed E-state index contributed by atoms with van der Waals surface area (Å²) in [4.78, 5) is 126. The molecule has 11 N–H and O–H groups in total. The molecule has 9 amide bonds. The van der Waals surface area contributed by atoms with Crippen LogP contribution in [0.25, 0.3) is 0 Å². The lowest BCUT2D eigenvalue weighted by Crippen LogP contribution is -2.62. The number of nitrogens with one attached hydrogen (secondary N) is 7. The van der Waals surface area contributed by atoms with E-state index in [1.54, 1.807) is 60.6 Å². The van der Waals surface area contributed by atoms with Gasteiger partial charge >= 0.3 is 6.09 Å². The number of ether oxygens (including phenoxy) is 4. The number of primary amides is 1. The molecule has 23 heteroatoms. The maximum Gasteiger partial charge on any atom is 0.408 e. The van der Waals surface area contributed by atoms with Gasteiger partial charge in [-0.25, -0.2) is 10.6 Å². The molecule has 3 aromatic rings. The molecule has 23 nitrogen and oxygen atoms in total. The van der Waals surface area contributed by atoms with Crippen LogP contribution in [-0.4, -0.2) is 132 Å². The zero-order valence-electron chi connectivity index (χ0n) is 48.0. The van der Waals surface area contributed by atoms with Crippen LogP contribution in [0.1, 0.15) is 111 Å². The summed E-state index contributed by atoms with van der Waals surface area (Å²) in [5.74, 6) is -1.27. The average Bonchev–Trinajstić information content (AvgIpc) is 3.93. The number of carbonyl (C=O) groups excluding carboxylic acids is 9. The molecule has 0 saturated carbocycles. The second-order valence-corrected chi connectivity index (χ2v) is 21.9. The topological polar surface area (TPSA) is 330 Å². The average molecular weight is 1130 g/mol. The Hall–Kier alpha value is -7.47. The molecule has 81 heavy (non-hydrogen) atoms. The highest BCUT2D eigenvalue weighted by atomic mass is 16.6. The Balaban J connectivity index is 1.58. The number of hydrogen-bond donors (Lipinski definition) is 9. The number of amides is 9. The smallest absolute Gasteiger partial charge is 0.408 e. The molecule has 1 fully saturated rings. The third kappa shape index (κ3) is 22.5. The van der Waals surface area contributed by atoms with Gasteiger partial charge in [-0.1, -0.05) is 119 Å². The molecule has 3 aromatic carbocycles. The lowest BCUT2D eigenvalue weighted by molar-refractivity contribution is -0.146. The molecular formula is C58H84N10O13. The molecule has 0 aliphatic carbocycles. The monoisotopic (exact) mass is 1130 g/mol. The van der Waals surface area contributed by atoms with E-state index in [-0.39, 0.29) is 64.6 Å². The van der Waals surface area contributed by atoms with Crippen LogP contribution in [0.2, 0.25) is 0 Å². The first-order valence-corrected chi connectivity index (χ1v) is 27.4. The van der Waals surface area contributed by atoms with Crippen LogP contribution >= 0.6 is 0 Å². The van der Waals surface area contributed by atoms with Crippen molar-refractivity contribution in [3.63, 3.8) is 0 Å². The Bertz CT molecular complexity index is 2530. The van der Waals surface area contributed by atoms with Gasteiger partial charge in [0.25, 0.3) is 5.91 Å². The molecule has 1 aliphatic rings. The summed E-state index contributed by atoms with van der Waals surface area (Å²) in [5, 5.41) is 16.1. The molecule has 0 radical (unpaired) electrons. The van der Waals surface area contributed by atoms with Crippen molar-refractivity contribution in [2.24, 2.45) is 23.4 Å². The van der Waals surface area contributed by atoms with Gasteiger partial charge in [0.2, 0.25) is 41.4 Å². The third-order valence-electron chi connectivity index (χ3n) is 13.1. The van der Waals surface area contributed by atoms with E-state index in [1.165, 1.54) is 4.90 Å². The zero-order chi connectivity index (χ0) is 59.8. The van der Waals surface area contributed by atoms with Crippen molar-refractivity contribution in [2.75, 3.05) is 13.2 Å². The SMILES string of the molecule is CC(C)C[C@H](NC(=O)[C@@H]1CCCN1C(=O)[C@@H](NC(=O)[C@H](CCC(N)=O)NC(=O)[C@H](COCc1ccccc1)NC(=O)OC(C)(C)C)[C@@H](C)OCc1ccccc1)C(=O)N[C@H](C(=O)N[C@H](C(=O)NN)[C@@H](C)OCc1ccccc1)C(C)C. The number of hydrazine groups is 1. The Labute approximate surface area is 474 Å². The zero-order valence-corrected chi connectivity index (χ0v) is 48.0. The highest BCUT2D eigenvalue weighted by Gasteiger charge is 2.43. The minimum atomic E-state index is -1.51. The van der Waals surface area contributed by atoms with Gasteiger partial charge in [-0.3, -0.25) is 43.8 Å². The Kier molecular flexibility index (Phi) is 26.7. The molecule has 1 heterocycles. The molecular weight excluding hydrogens is 1040 g/mol. The van der Waals surface area contributed by atoms with Crippen LogP contribution < -0.4 is 48.9 Å². The maximum absolute atomic E-state index is 15.0. The minimum Gasteiger partial charge on any atom is -0.444 e. The van der Waals surface area contributed by atoms with E-state index in [0.717, 1.165) is 16.7 Å². The van der Waals surface area contributed by atoms with Crippen molar-refractivity contribution in [1.82, 2.24) is 42.2 Å². The highest BCUT2D eigenvalue weighted by Crippen LogP contribution is 2.22. The van der Waals surface area contributed by atoms with Gasteiger partial charge in [0.05, 0.1) is 38.6 Å². The van der Waals surface area contributed by atoms with E-state index in [2.05, 4.69) is 37.3 Å². The first kappa shape index (κ1) is 66.0. The van der Waals surface area contributed by atoms with Crippen LogP contribution in [0.4, 0.5) is 4.79 Å². The number of nitrogens with two attached hydrogens (primary N) is 2. The van der Waals surface area contributed by atoms with Gasteiger partial charge in [0.1, 0.15) is 47.9 Å². The number of benzene rings is 3. The van der Waals surface area contributed by atoms with Crippen molar-refractivity contribution >= 4 is 53.4 Å². The van der Waals surface area contributed by atoms with E-state index in [9.17, 15) is 43.2 Å². The van der Waals surface area contributed by atoms with Crippen molar-refractivity contribution in [2.45, 2.75) is 174 Å². The minimum absolute atomic E-state index is 0.0116. The van der Waals surface area contributed by atoms with Crippen LogP contribution in [0.3, 0.4) is 0 Å². The first-order valence-electron chi connectivity index (χ1n) is 27.4. The summed E-state index contributed by atoms with van der Waals surface area (Å²) in [7, 11) is 0. The predicted molar refractivity (Wildman–Crippen MR) is 300 cm³/mol. The van der Waals surface area contributed by atoms with E-state index in [0.29, 0.717) is 6.42 Å². The normalized spacial score (nSPS) is 16.3. The Morgan fingerprint density at radius 2 is 1.09 bits per heavy atom. The van der Waals surface area contributed by atoms with Gasteiger partial charge in [-0.15, -0.1) is 0 Å². The molecule has 1 aliphatic heterocycles. The number of likely N-dealkylation sites (tertiary alicyclic amines) is 1. The molecule has 4 rings (SSSR count).